The molecule has 1 N–H and O–H groups in total. The molecule has 0 aliphatic rings. The highest BCUT2D eigenvalue weighted by atomic mass is 16.5. The average Bonchev–Trinajstić information content (AvgIpc) is 2.24. The monoisotopic (exact) mass is 215 g/mol. The van der Waals surface area contributed by atoms with Gasteiger partial charge in [-0.3, -0.25) is 4.79 Å². The first-order valence-corrected chi connectivity index (χ1v) is 6.07. The van der Waals surface area contributed by atoms with Crippen LogP contribution in [0.4, 0.5) is 0 Å². The van der Waals surface area contributed by atoms with Crippen LogP contribution >= 0.6 is 0 Å². The molecule has 1 atom stereocenters. The third kappa shape index (κ3) is 9.73. The third-order valence-corrected chi connectivity index (χ3v) is 2.54. The Morgan fingerprint density at radius 3 is 2.73 bits per heavy atom. The van der Waals surface area contributed by atoms with Crippen LogP contribution in [0.5, 0.6) is 0 Å². The highest BCUT2D eigenvalue weighted by molar-refractivity contribution is 5.71. The van der Waals surface area contributed by atoms with E-state index in [1.165, 1.54) is 6.42 Å². The van der Waals surface area contributed by atoms with Gasteiger partial charge in [-0.2, -0.15) is 0 Å². The number of ether oxygens (including phenoxy) is 1. The van der Waals surface area contributed by atoms with Crippen molar-refractivity contribution in [2.75, 3.05) is 19.7 Å². The van der Waals surface area contributed by atoms with E-state index < -0.39 is 0 Å². The smallest absolute Gasteiger partial charge is 0.319 e. The summed E-state index contributed by atoms with van der Waals surface area (Å²) in [6.45, 7) is 8.30. The molecule has 15 heavy (non-hydrogen) atoms. The molecule has 0 rings (SSSR count). The number of hydrogen-bond donors (Lipinski definition) is 1. The molecule has 0 heterocycles. The van der Waals surface area contributed by atoms with Gasteiger partial charge in [-0.1, -0.05) is 33.6 Å². The van der Waals surface area contributed by atoms with Gasteiger partial charge in [-0.05, 0) is 25.3 Å². The third-order valence-electron chi connectivity index (χ3n) is 2.54. The summed E-state index contributed by atoms with van der Waals surface area (Å²) in [6, 6.07) is 0. The van der Waals surface area contributed by atoms with Crippen LogP contribution < -0.4 is 5.32 Å². The molecule has 0 aliphatic carbocycles. The SMILES string of the molecule is CCCCOC(=O)CNCCC(C)CC. The van der Waals surface area contributed by atoms with Crippen molar-refractivity contribution < 1.29 is 9.53 Å². The fourth-order valence-electron chi connectivity index (χ4n) is 1.12. The molecule has 0 saturated carbocycles. The number of nitrogens with one attached hydrogen (secondary N) is 1. The van der Waals surface area contributed by atoms with E-state index in [4.69, 9.17) is 4.74 Å². The molecule has 0 aliphatic heterocycles. The summed E-state index contributed by atoms with van der Waals surface area (Å²) in [4.78, 5) is 11.1. The second-order valence-electron chi connectivity index (χ2n) is 4.05. The van der Waals surface area contributed by atoms with Crippen molar-refractivity contribution >= 4 is 5.97 Å². The summed E-state index contributed by atoms with van der Waals surface area (Å²) in [5.74, 6) is 0.598. The minimum atomic E-state index is -0.132. The summed E-state index contributed by atoms with van der Waals surface area (Å²) in [7, 11) is 0. The van der Waals surface area contributed by atoms with Crippen molar-refractivity contribution in [2.45, 2.75) is 46.5 Å². The fraction of sp³-hybridized carbons (Fsp3) is 0.917. The Bertz CT molecular complexity index is 160. The van der Waals surface area contributed by atoms with Crippen molar-refractivity contribution in [3.63, 3.8) is 0 Å². The molecule has 0 fully saturated rings. The first kappa shape index (κ1) is 14.4. The summed E-state index contributed by atoms with van der Waals surface area (Å²) < 4.78 is 5.01. The first-order chi connectivity index (χ1) is 7.20. The zero-order valence-electron chi connectivity index (χ0n) is 10.3. The second kappa shape index (κ2) is 9.97. The number of carbonyl (C=O) groups is 1. The molecule has 0 aromatic carbocycles. The van der Waals surface area contributed by atoms with Crippen LogP contribution in [-0.4, -0.2) is 25.7 Å². The summed E-state index contributed by atoms with van der Waals surface area (Å²) in [5, 5.41) is 3.10. The standard InChI is InChI=1S/C12H25NO2/c1-4-6-9-15-12(14)10-13-8-7-11(3)5-2/h11,13H,4-10H2,1-3H3. The van der Waals surface area contributed by atoms with Gasteiger partial charge < -0.3 is 10.1 Å². The second-order valence-corrected chi connectivity index (χ2v) is 4.05. The quantitative estimate of drug-likeness (QED) is 0.474. The minimum Gasteiger partial charge on any atom is -0.465 e. The van der Waals surface area contributed by atoms with Gasteiger partial charge in [-0.25, -0.2) is 0 Å². The highest BCUT2D eigenvalue weighted by Gasteiger charge is 2.02. The zero-order valence-corrected chi connectivity index (χ0v) is 10.3. The number of unbranched alkanes of at least 4 members (excludes halogenated alkanes) is 1. The Kier molecular flexibility index (Phi) is 9.59. The molecule has 3 heteroatoms. The lowest BCUT2D eigenvalue weighted by atomic mass is 10.1. The summed E-state index contributed by atoms with van der Waals surface area (Å²) in [6.07, 6.45) is 4.34. The predicted molar refractivity (Wildman–Crippen MR) is 62.8 cm³/mol. The van der Waals surface area contributed by atoms with Crippen LogP contribution in [0, 0.1) is 5.92 Å². The van der Waals surface area contributed by atoms with Crippen molar-refractivity contribution in [2.24, 2.45) is 5.92 Å². The summed E-state index contributed by atoms with van der Waals surface area (Å²) in [5.41, 5.74) is 0. The van der Waals surface area contributed by atoms with Crippen LogP contribution in [0.2, 0.25) is 0 Å². The van der Waals surface area contributed by atoms with Crippen molar-refractivity contribution in [3.8, 4) is 0 Å². The largest absolute Gasteiger partial charge is 0.465 e. The summed E-state index contributed by atoms with van der Waals surface area (Å²) >= 11 is 0. The Hall–Kier alpha value is -0.570. The normalized spacial score (nSPS) is 12.5. The molecule has 0 bridgehead atoms. The van der Waals surface area contributed by atoms with Crippen molar-refractivity contribution in [1.82, 2.24) is 5.32 Å². The van der Waals surface area contributed by atoms with E-state index in [9.17, 15) is 4.79 Å². The Morgan fingerprint density at radius 1 is 1.40 bits per heavy atom. The van der Waals surface area contributed by atoms with Crippen molar-refractivity contribution in [3.05, 3.63) is 0 Å². The van der Waals surface area contributed by atoms with Crippen LogP contribution in [0.15, 0.2) is 0 Å². The number of hydrogen-bond acceptors (Lipinski definition) is 3. The maximum Gasteiger partial charge on any atom is 0.319 e. The predicted octanol–water partition coefficient (Wildman–Crippen LogP) is 2.36. The molecule has 0 saturated heterocycles. The minimum absolute atomic E-state index is 0.132. The van der Waals surface area contributed by atoms with Crippen LogP contribution in [-0.2, 0) is 9.53 Å². The van der Waals surface area contributed by atoms with Gasteiger partial charge in [0.1, 0.15) is 0 Å². The van der Waals surface area contributed by atoms with E-state index in [-0.39, 0.29) is 5.97 Å². The average molecular weight is 215 g/mol. The highest BCUT2D eigenvalue weighted by Crippen LogP contribution is 2.03. The van der Waals surface area contributed by atoms with E-state index in [1.54, 1.807) is 0 Å². The van der Waals surface area contributed by atoms with E-state index in [0.717, 1.165) is 31.7 Å². The zero-order chi connectivity index (χ0) is 11.5. The molecule has 0 radical (unpaired) electrons. The van der Waals surface area contributed by atoms with Crippen LogP contribution in [0.1, 0.15) is 46.5 Å². The van der Waals surface area contributed by atoms with E-state index in [2.05, 4.69) is 26.1 Å². The molecule has 0 aromatic heterocycles. The topological polar surface area (TPSA) is 38.3 Å². The molecule has 0 amide bonds. The van der Waals surface area contributed by atoms with Gasteiger partial charge in [0.2, 0.25) is 0 Å². The number of esters is 1. The Morgan fingerprint density at radius 2 is 2.13 bits per heavy atom. The van der Waals surface area contributed by atoms with Gasteiger partial charge in [0, 0.05) is 0 Å². The molecular formula is C12H25NO2. The molecular weight excluding hydrogens is 190 g/mol. The first-order valence-electron chi connectivity index (χ1n) is 6.07. The maximum atomic E-state index is 11.1. The lowest BCUT2D eigenvalue weighted by molar-refractivity contribution is -0.142. The van der Waals surface area contributed by atoms with Gasteiger partial charge >= 0.3 is 5.97 Å². The Balaban J connectivity index is 3.23. The fourth-order valence-corrected chi connectivity index (χ4v) is 1.12. The molecule has 0 aromatic rings. The van der Waals surface area contributed by atoms with Crippen LogP contribution in [0.25, 0.3) is 0 Å². The van der Waals surface area contributed by atoms with Gasteiger partial charge in [0.05, 0.1) is 13.2 Å². The van der Waals surface area contributed by atoms with Crippen LogP contribution in [0.3, 0.4) is 0 Å². The van der Waals surface area contributed by atoms with E-state index in [1.807, 2.05) is 0 Å². The Labute approximate surface area is 93.6 Å². The van der Waals surface area contributed by atoms with Gasteiger partial charge in [-0.15, -0.1) is 0 Å². The van der Waals surface area contributed by atoms with E-state index >= 15 is 0 Å². The van der Waals surface area contributed by atoms with Crippen molar-refractivity contribution in [1.29, 1.82) is 0 Å². The number of carbonyl (C=O) groups excluding carboxylic acids is 1. The lowest BCUT2D eigenvalue weighted by Gasteiger charge is -2.09. The molecule has 1 unspecified atom stereocenters. The van der Waals surface area contributed by atoms with E-state index in [0.29, 0.717) is 13.2 Å². The number of rotatable bonds is 9. The van der Waals surface area contributed by atoms with Gasteiger partial charge in [0.15, 0.2) is 0 Å². The molecule has 0 spiro atoms. The van der Waals surface area contributed by atoms with Gasteiger partial charge in [0.25, 0.3) is 0 Å². The lowest BCUT2D eigenvalue weighted by Crippen LogP contribution is -2.26. The molecule has 3 nitrogen and oxygen atoms in total. The maximum absolute atomic E-state index is 11.1. The molecule has 90 valence electrons.